The van der Waals surface area contributed by atoms with E-state index in [4.69, 9.17) is 5.73 Å². The Bertz CT molecular complexity index is 519. The van der Waals surface area contributed by atoms with Crippen molar-refractivity contribution in [3.63, 3.8) is 0 Å². The molecule has 0 aliphatic carbocycles. The molecule has 1 aromatic carbocycles. The van der Waals surface area contributed by atoms with E-state index in [0.717, 1.165) is 30.6 Å². The SMILES string of the molecule is NCCCCCC(=O)Nc1ccc(-n2cccn2)cc1. The molecule has 5 nitrogen and oxygen atoms in total. The number of nitrogens with one attached hydrogen (secondary N) is 1. The Morgan fingerprint density at radius 2 is 2.00 bits per heavy atom. The number of rotatable bonds is 7. The molecular formula is C15H20N4O. The van der Waals surface area contributed by atoms with Crippen LogP contribution >= 0.6 is 0 Å². The van der Waals surface area contributed by atoms with Crippen molar-refractivity contribution in [3.05, 3.63) is 42.7 Å². The third kappa shape index (κ3) is 4.20. The number of nitrogens with zero attached hydrogens (tertiary/aromatic N) is 2. The first-order valence-electron chi connectivity index (χ1n) is 6.89. The highest BCUT2D eigenvalue weighted by Gasteiger charge is 2.02. The van der Waals surface area contributed by atoms with Gasteiger partial charge in [-0.15, -0.1) is 0 Å². The molecule has 2 rings (SSSR count). The van der Waals surface area contributed by atoms with E-state index in [2.05, 4.69) is 10.4 Å². The first-order valence-corrected chi connectivity index (χ1v) is 6.89. The van der Waals surface area contributed by atoms with Crippen molar-refractivity contribution in [1.82, 2.24) is 9.78 Å². The minimum Gasteiger partial charge on any atom is -0.330 e. The molecule has 0 spiro atoms. The quantitative estimate of drug-likeness (QED) is 0.760. The molecule has 0 saturated carbocycles. The Kier molecular flexibility index (Phi) is 5.32. The fourth-order valence-electron chi connectivity index (χ4n) is 1.95. The number of carbonyl (C=O) groups is 1. The van der Waals surface area contributed by atoms with Crippen LogP contribution in [0, 0.1) is 0 Å². The van der Waals surface area contributed by atoms with E-state index >= 15 is 0 Å². The zero-order valence-electron chi connectivity index (χ0n) is 11.5. The van der Waals surface area contributed by atoms with Crippen LogP contribution in [0.15, 0.2) is 42.7 Å². The summed E-state index contributed by atoms with van der Waals surface area (Å²) in [6.07, 6.45) is 7.02. The fraction of sp³-hybridized carbons (Fsp3) is 0.333. The normalized spacial score (nSPS) is 10.4. The van der Waals surface area contributed by atoms with Crippen LogP contribution < -0.4 is 11.1 Å². The molecule has 1 amide bonds. The Morgan fingerprint density at radius 1 is 1.20 bits per heavy atom. The molecule has 106 valence electrons. The van der Waals surface area contributed by atoms with E-state index in [1.165, 1.54) is 0 Å². The maximum absolute atomic E-state index is 11.7. The van der Waals surface area contributed by atoms with Crippen molar-refractivity contribution in [2.45, 2.75) is 25.7 Å². The number of carbonyl (C=O) groups excluding carboxylic acids is 1. The second-order valence-corrected chi connectivity index (χ2v) is 4.65. The molecule has 2 aromatic rings. The van der Waals surface area contributed by atoms with E-state index in [-0.39, 0.29) is 5.91 Å². The summed E-state index contributed by atoms with van der Waals surface area (Å²) in [5.74, 6) is 0.0499. The summed E-state index contributed by atoms with van der Waals surface area (Å²) in [5.41, 5.74) is 7.19. The van der Waals surface area contributed by atoms with Crippen LogP contribution in [0.4, 0.5) is 5.69 Å². The van der Waals surface area contributed by atoms with Crippen molar-refractivity contribution in [1.29, 1.82) is 0 Å². The van der Waals surface area contributed by atoms with Gasteiger partial charge in [0.25, 0.3) is 0 Å². The Balaban J connectivity index is 1.83. The van der Waals surface area contributed by atoms with E-state index in [0.29, 0.717) is 13.0 Å². The number of anilines is 1. The maximum Gasteiger partial charge on any atom is 0.224 e. The smallest absolute Gasteiger partial charge is 0.224 e. The minimum atomic E-state index is 0.0499. The van der Waals surface area contributed by atoms with Gasteiger partial charge in [0.05, 0.1) is 5.69 Å². The molecule has 20 heavy (non-hydrogen) atoms. The van der Waals surface area contributed by atoms with Gasteiger partial charge >= 0.3 is 0 Å². The first-order chi connectivity index (χ1) is 9.79. The van der Waals surface area contributed by atoms with Gasteiger partial charge in [-0.05, 0) is 49.7 Å². The predicted octanol–water partition coefficient (Wildman–Crippen LogP) is 2.33. The topological polar surface area (TPSA) is 72.9 Å². The van der Waals surface area contributed by atoms with Gasteiger partial charge in [-0.2, -0.15) is 5.10 Å². The van der Waals surface area contributed by atoms with Gasteiger partial charge in [-0.1, -0.05) is 6.42 Å². The monoisotopic (exact) mass is 272 g/mol. The summed E-state index contributed by atoms with van der Waals surface area (Å²) in [7, 11) is 0. The van der Waals surface area contributed by atoms with E-state index < -0.39 is 0 Å². The molecule has 1 aromatic heterocycles. The predicted molar refractivity (Wildman–Crippen MR) is 79.7 cm³/mol. The second-order valence-electron chi connectivity index (χ2n) is 4.65. The number of amides is 1. The molecule has 0 bridgehead atoms. The molecule has 3 N–H and O–H groups in total. The summed E-state index contributed by atoms with van der Waals surface area (Å²) >= 11 is 0. The van der Waals surface area contributed by atoms with Gasteiger partial charge in [0, 0.05) is 24.5 Å². The minimum absolute atomic E-state index is 0.0499. The lowest BCUT2D eigenvalue weighted by Gasteiger charge is -2.06. The average molecular weight is 272 g/mol. The third-order valence-corrected chi connectivity index (χ3v) is 3.03. The summed E-state index contributed by atoms with van der Waals surface area (Å²) in [6, 6.07) is 9.49. The van der Waals surface area contributed by atoms with Gasteiger partial charge in [0.15, 0.2) is 0 Å². The van der Waals surface area contributed by atoms with Gasteiger partial charge in [-0.3, -0.25) is 4.79 Å². The highest BCUT2D eigenvalue weighted by atomic mass is 16.1. The highest BCUT2D eigenvalue weighted by molar-refractivity contribution is 5.90. The summed E-state index contributed by atoms with van der Waals surface area (Å²) in [4.78, 5) is 11.7. The molecule has 0 atom stereocenters. The van der Waals surface area contributed by atoms with Crippen molar-refractivity contribution in [2.24, 2.45) is 5.73 Å². The van der Waals surface area contributed by atoms with E-state index in [9.17, 15) is 4.79 Å². The standard InChI is InChI=1S/C15H20N4O/c16-10-3-1-2-5-15(20)18-13-6-8-14(9-7-13)19-12-4-11-17-19/h4,6-9,11-12H,1-3,5,10,16H2,(H,18,20). The number of nitrogens with two attached hydrogens (primary N) is 1. The van der Waals surface area contributed by atoms with Crippen LogP contribution in [0.5, 0.6) is 0 Å². The Labute approximate surface area is 118 Å². The second kappa shape index (κ2) is 7.45. The zero-order chi connectivity index (χ0) is 14.2. The van der Waals surface area contributed by atoms with Crippen molar-refractivity contribution < 1.29 is 4.79 Å². The van der Waals surface area contributed by atoms with Crippen molar-refractivity contribution >= 4 is 11.6 Å². The number of benzene rings is 1. The molecule has 0 fully saturated rings. The molecule has 0 radical (unpaired) electrons. The molecule has 0 aliphatic rings. The molecule has 1 heterocycles. The average Bonchev–Trinajstić information content (AvgIpc) is 2.99. The van der Waals surface area contributed by atoms with Crippen LogP contribution in [0.25, 0.3) is 5.69 Å². The maximum atomic E-state index is 11.7. The van der Waals surface area contributed by atoms with Crippen LogP contribution in [-0.4, -0.2) is 22.2 Å². The summed E-state index contributed by atoms with van der Waals surface area (Å²) < 4.78 is 1.78. The van der Waals surface area contributed by atoms with Gasteiger partial charge < -0.3 is 11.1 Å². The van der Waals surface area contributed by atoms with Crippen LogP contribution in [0.3, 0.4) is 0 Å². The van der Waals surface area contributed by atoms with E-state index in [1.807, 2.05) is 36.5 Å². The number of aromatic nitrogens is 2. The number of hydrogen-bond acceptors (Lipinski definition) is 3. The molecule has 0 unspecified atom stereocenters. The largest absolute Gasteiger partial charge is 0.330 e. The van der Waals surface area contributed by atoms with Crippen molar-refractivity contribution in [3.8, 4) is 5.69 Å². The molecule has 0 saturated heterocycles. The Hall–Kier alpha value is -2.14. The highest BCUT2D eigenvalue weighted by Crippen LogP contribution is 2.13. The van der Waals surface area contributed by atoms with Gasteiger partial charge in [0.2, 0.25) is 5.91 Å². The van der Waals surface area contributed by atoms with Gasteiger partial charge in [-0.25, -0.2) is 4.68 Å². The third-order valence-electron chi connectivity index (χ3n) is 3.03. The zero-order valence-corrected chi connectivity index (χ0v) is 11.5. The summed E-state index contributed by atoms with van der Waals surface area (Å²) in [5, 5.41) is 7.05. The Morgan fingerprint density at radius 3 is 2.65 bits per heavy atom. The van der Waals surface area contributed by atoms with Crippen LogP contribution in [0.2, 0.25) is 0 Å². The van der Waals surface area contributed by atoms with Gasteiger partial charge in [0.1, 0.15) is 0 Å². The lowest BCUT2D eigenvalue weighted by molar-refractivity contribution is -0.116. The van der Waals surface area contributed by atoms with Crippen molar-refractivity contribution in [2.75, 3.05) is 11.9 Å². The van der Waals surface area contributed by atoms with Crippen LogP contribution in [-0.2, 0) is 4.79 Å². The van der Waals surface area contributed by atoms with Crippen LogP contribution in [0.1, 0.15) is 25.7 Å². The molecule has 0 aliphatic heterocycles. The summed E-state index contributed by atoms with van der Waals surface area (Å²) in [6.45, 7) is 0.691. The number of unbranched alkanes of at least 4 members (excludes halogenated alkanes) is 2. The first kappa shape index (κ1) is 14.3. The fourth-order valence-corrected chi connectivity index (χ4v) is 1.95. The number of hydrogen-bond donors (Lipinski definition) is 2. The lowest BCUT2D eigenvalue weighted by atomic mass is 10.2. The molecule has 5 heteroatoms. The molecular weight excluding hydrogens is 252 g/mol. The van der Waals surface area contributed by atoms with E-state index in [1.54, 1.807) is 10.9 Å². The lowest BCUT2D eigenvalue weighted by Crippen LogP contribution is -2.11.